The number of nitrogens with one attached hydrogen (secondary N) is 2. The van der Waals surface area contributed by atoms with Gasteiger partial charge in [0.25, 0.3) is 0 Å². The Morgan fingerprint density at radius 2 is 1.94 bits per heavy atom. The van der Waals surface area contributed by atoms with Gasteiger partial charge in [0.15, 0.2) is 5.82 Å². The lowest BCUT2D eigenvalue weighted by atomic mass is 10.1. The summed E-state index contributed by atoms with van der Waals surface area (Å²) in [7, 11) is 1.36. The fraction of sp³-hybridized carbons (Fsp3) is 0.316. The first kappa shape index (κ1) is 24.0. The number of hydrogen-bond acceptors (Lipinski definition) is 6. The number of ether oxygens (including phenoxy) is 3. The molecule has 0 saturated heterocycles. The first-order chi connectivity index (χ1) is 15.6. The molecule has 178 valence electrons. The Kier molecular flexibility index (Phi) is 7.16. The summed E-state index contributed by atoms with van der Waals surface area (Å²) in [5, 5.41) is 5.02. The predicted molar refractivity (Wildman–Crippen MR) is 103 cm³/mol. The summed E-state index contributed by atoms with van der Waals surface area (Å²) in [6.45, 7) is -3.57. The highest BCUT2D eigenvalue weighted by Gasteiger charge is 2.32. The molecule has 0 saturated carbocycles. The summed E-state index contributed by atoms with van der Waals surface area (Å²) < 4.78 is 75.0. The minimum atomic E-state index is -4.85. The van der Waals surface area contributed by atoms with E-state index in [-0.39, 0.29) is 23.9 Å². The van der Waals surface area contributed by atoms with E-state index in [4.69, 9.17) is 4.74 Å². The van der Waals surface area contributed by atoms with Gasteiger partial charge in [-0.1, -0.05) is 12.1 Å². The van der Waals surface area contributed by atoms with Crippen LogP contribution >= 0.6 is 0 Å². The highest BCUT2D eigenvalue weighted by Crippen LogP contribution is 2.31. The molecule has 1 aromatic carbocycles. The van der Waals surface area contributed by atoms with Crippen LogP contribution in [0.4, 0.5) is 38.3 Å². The lowest BCUT2D eigenvalue weighted by Crippen LogP contribution is -2.49. The molecule has 1 atom stereocenters. The van der Waals surface area contributed by atoms with Crippen molar-refractivity contribution in [3.63, 3.8) is 0 Å². The predicted octanol–water partition coefficient (Wildman–Crippen LogP) is 3.44. The topological polar surface area (TPSA) is 102 Å². The number of carbonyl (C=O) groups is 2. The fourth-order valence-electron chi connectivity index (χ4n) is 3.01. The summed E-state index contributed by atoms with van der Waals surface area (Å²) in [6, 6.07) is 4.29. The molecule has 1 unspecified atom stereocenters. The Bertz CT molecular complexity index is 1000. The first-order valence-electron chi connectivity index (χ1n) is 9.23. The van der Waals surface area contributed by atoms with Crippen LogP contribution in [0.15, 0.2) is 36.5 Å². The number of benzene rings is 1. The van der Waals surface area contributed by atoms with Gasteiger partial charge < -0.3 is 24.8 Å². The van der Waals surface area contributed by atoms with Crippen LogP contribution in [0, 0.1) is 0 Å². The number of methoxy groups -OCH3 is 1. The van der Waals surface area contributed by atoms with Gasteiger partial charge in [0.2, 0.25) is 5.91 Å². The molecule has 1 aliphatic rings. The number of nitrogens with zero attached hydrogens (tertiary/aromatic N) is 2. The third-order valence-electron chi connectivity index (χ3n) is 4.29. The van der Waals surface area contributed by atoms with E-state index >= 15 is 0 Å². The van der Waals surface area contributed by atoms with Crippen molar-refractivity contribution in [1.29, 1.82) is 0 Å². The maximum absolute atomic E-state index is 12.9. The van der Waals surface area contributed by atoms with Crippen LogP contribution in [-0.4, -0.2) is 50.2 Å². The summed E-state index contributed by atoms with van der Waals surface area (Å²) in [5.74, 6) is -1.38. The number of halogens is 5. The van der Waals surface area contributed by atoms with E-state index in [9.17, 15) is 31.5 Å². The number of aromatic nitrogens is 1. The van der Waals surface area contributed by atoms with E-state index < -0.39 is 43.2 Å². The zero-order chi connectivity index (χ0) is 24.2. The van der Waals surface area contributed by atoms with Gasteiger partial charge in [-0.15, -0.1) is 13.2 Å². The zero-order valence-corrected chi connectivity index (χ0v) is 16.9. The van der Waals surface area contributed by atoms with Crippen molar-refractivity contribution >= 4 is 23.4 Å². The van der Waals surface area contributed by atoms with Crippen LogP contribution in [0.2, 0.25) is 0 Å². The maximum atomic E-state index is 12.9. The minimum Gasteiger partial charge on any atom is -0.433 e. The largest absolute Gasteiger partial charge is 0.573 e. The number of fused-ring (bicyclic) bond motifs is 1. The highest BCUT2D eigenvalue weighted by molar-refractivity contribution is 6.08. The lowest BCUT2D eigenvalue weighted by Gasteiger charge is -2.30. The van der Waals surface area contributed by atoms with Crippen molar-refractivity contribution in [1.82, 2.24) is 10.3 Å². The van der Waals surface area contributed by atoms with E-state index in [1.807, 2.05) is 0 Å². The number of alkyl halides is 5. The normalized spacial score (nSPS) is 14.4. The second kappa shape index (κ2) is 9.85. The molecule has 9 nitrogen and oxygen atoms in total. The van der Waals surface area contributed by atoms with Crippen LogP contribution in [0.1, 0.15) is 11.6 Å². The van der Waals surface area contributed by atoms with Crippen LogP contribution < -0.4 is 25.0 Å². The third kappa shape index (κ3) is 6.41. The van der Waals surface area contributed by atoms with Gasteiger partial charge in [-0.2, -0.15) is 8.78 Å². The molecule has 33 heavy (non-hydrogen) atoms. The summed E-state index contributed by atoms with van der Waals surface area (Å²) in [4.78, 5) is 29.8. The SMILES string of the molecule is COCC(NC(=O)N1CC(=O)Nc2cc(OC(F)F)cnc21)c1ccc(OC(F)(F)F)cc1. The molecular formula is C19H17F5N4O5. The molecule has 3 rings (SSSR count). The monoisotopic (exact) mass is 476 g/mol. The second-order valence-corrected chi connectivity index (χ2v) is 6.63. The van der Waals surface area contributed by atoms with Gasteiger partial charge in [0, 0.05) is 13.2 Å². The molecule has 1 aliphatic heterocycles. The summed E-state index contributed by atoms with van der Waals surface area (Å²) in [6.07, 6.45) is -3.88. The van der Waals surface area contributed by atoms with E-state index in [2.05, 4.69) is 25.1 Å². The Labute approximate surface area is 183 Å². The van der Waals surface area contributed by atoms with E-state index in [1.54, 1.807) is 0 Å². The van der Waals surface area contributed by atoms with Gasteiger partial charge in [-0.3, -0.25) is 9.69 Å². The molecule has 2 N–H and O–H groups in total. The van der Waals surface area contributed by atoms with Gasteiger partial charge in [0.1, 0.15) is 18.0 Å². The second-order valence-electron chi connectivity index (χ2n) is 6.63. The molecule has 0 radical (unpaired) electrons. The van der Waals surface area contributed by atoms with Gasteiger partial charge in [-0.25, -0.2) is 9.78 Å². The van der Waals surface area contributed by atoms with Crippen molar-refractivity contribution in [3.05, 3.63) is 42.1 Å². The highest BCUT2D eigenvalue weighted by atomic mass is 19.4. The van der Waals surface area contributed by atoms with Gasteiger partial charge >= 0.3 is 19.0 Å². The van der Waals surface area contributed by atoms with Gasteiger partial charge in [-0.05, 0) is 17.7 Å². The van der Waals surface area contributed by atoms with Crippen LogP contribution in [-0.2, 0) is 9.53 Å². The molecule has 0 fully saturated rings. The van der Waals surface area contributed by atoms with Crippen molar-refractivity contribution < 1.29 is 45.8 Å². The number of pyridine rings is 1. The first-order valence-corrected chi connectivity index (χ1v) is 9.23. The minimum absolute atomic E-state index is 0.0150. The van der Waals surface area contributed by atoms with Crippen molar-refractivity contribution in [2.24, 2.45) is 0 Å². The molecule has 0 bridgehead atoms. The summed E-state index contributed by atoms with van der Waals surface area (Å²) >= 11 is 0. The van der Waals surface area contributed by atoms with Crippen LogP contribution in [0.25, 0.3) is 0 Å². The Morgan fingerprint density at radius 1 is 1.24 bits per heavy atom. The molecular weight excluding hydrogens is 459 g/mol. The fourth-order valence-corrected chi connectivity index (χ4v) is 3.01. The number of urea groups is 1. The third-order valence-corrected chi connectivity index (χ3v) is 4.29. The number of hydrogen-bond donors (Lipinski definition) is 2. The number of amides is 3. The van der Waals surface area contributed by atoms with E-state index in [0.29, 0.717) is 5.56 Å². The molecule has 3 amide bonds. The number of carbonyl (C=O) groups excluding carboxylic acids is 2. The van der Waals surface area contributed by atoms with Crippen molar-refractivity contribution in [3.8, 4) is 11.5 Å². The van der Waals surface area contributed by atoms with E-state index in [1.165, 1.54) is 19.2 Å². The number of rotatable bonds is 7. The Hall–Kier alpha value is -3.68. The van der Waals surface area contributed by atoms with Crippen LogP contribution in [0.3, 0.4) is 0 Å². The Balaban J connectivity index is 1.79. The quantitative estimate of drug-likeness (QED) is 0.594. The van der Waals surface area contributed by atoms with Crippen LogP contribution in [0.5, 0.6) is 11.5 Å². The molecule has 2 aromatic rings. The molecule has 0 aliphatic carbocycles. The average molecular weight is 476 g/mol. The maximum Gasteiger partial charge on any atom is 0.573 e. The van der Waals surface area contributed by atoms with Crippen molar-refractivity contribution in [2.75, 3.05) is 30.5 Å². The number of anilines is 2. The zero-order valence-electron chi connectivity index (χ0n) is 16.9. The average Bonchev–Trinajstić information content (AvgIpc) is 2.71. The molecule has 0 spiro atoms. The lowest BCUT2D eigenvalue weighted by molar-refractivity contribution is -0.274. The van der Waals surface area contributed by atoms with Crippen molar-refractivity contribution in [2.45, 2.75) is 19.0 Å². The Morgan fingerprint density at radius 3 is 2.55 bits per heavy atom. The molecule has 14 heteroatoms. The molecule has 1 aromatic heterocycles. The van der Waals surface area contributed by atoms with Gasteiger partial charge in [0.05, 0.1) is 24.5 Å². The summed E-state index contributed by atoms with van der Waals surface area (Å²) in [5.41, 5.74) is 0.381. The standard InChI is InChI=1S/C19H17F5N4O5/c1-31-9-14(10-2-4-11(5-3-10)33-19(22,23)24)27-18(30)28-8-15(29)26-13-6-12(32-17(20)21)7-25-16(13)28/h2-7,14,17H,8-9H2,1H3,(H,26,29)(H,27,30). The smallest absolute Gasteiger partial charge is 0.433 e. The molecule has 2 heterocycles. The van der Waals surface area contributed by atoms with E-state index in [0.717, 1.165) is 29.3 Å².